The van der Waals surface area contributed by atoms with Crippen molar-refractivity contribution in [2.75, 3.05) is 6.54 Å². The molecule has 1 rings (SSSR count). The maximum atomic E-state index is 3.37. The molecular formula is C10H25N. The van der Waals surface area contributed by atoms with E-state index in [4.69, 9.17) is 0 Å². The normalized spacial score (nSPS) is 27.8. The predicted octanol–water partition coefficient (Wildman–Crippen LogP) is 3.06. The highest BCUT2D eigenvalue weighted by Gasteiger charge is 2.16. The molecule has 0 saturated carbocycles. The highest BCUT2D eigenvalue weighted by atomic mass is 14.9. The summed E-state index contributed by atoms with van der Waals surface area (Å²) in [7, 11) is 0. The van der Waals surface area contributed by atoms with Crippen molar-refractivity contribution in [3.8, 4) is 0 Å². The summed E-state index contributed by atoms with van der Waals surface area (Å²) >= 11 is 0. The molecule has 0 aromatic heterocycles. The third-order valence-corrected chi connectivity index (χ3v) is 1.92. The van der Waals surface area contributed by atoms with E-state index >= 15 is 0 Å². The van der Waals surface area contributed by atoms with E-state index in [0.717, 1.165) is 12.0 Å². The van der Waals surface area contributed by atoms with Gasteiger partial charge in [0.2, 0.25) is 0 Å². The monoisotopic (exact) mass is 159 g/mol. The highest BCUT2D eigenvalue weighted by Crippen LogP contribution is 2.12. The highest BCUT2D eigenvalue weighted by molar-refractivity contribution is 4.75. The molecule has 1 saturated heterocycles. The van der Waals surface area contributed by atoms with E-state index in [1.807, 2.05) is 27.7 Å². The SMILES string of the molecule is CC.CC.CC1CCNC1C. The fourth-order valence-electron chi connectivity index (χ4n) is 0.990. The molecule has 0 aliphatic carbocycles. The van der Waals surface area contributed by atoms with Gasteiger partial charge in [-0.3, -0.25) is 0 Å². The Morgan fingerprint density at radius 3 is 1.55 bits per heavy atom. The molecule has 1 nitrogen and oxygen atoms in total. The Labute approximate surface area is 72.6 Å². The van der Waals surface area contributed by atoms with Crippen LogP contribution in [0.25, 0.3) is 0 Å². The van der Waals surface area contributed by atoms with Crippen molar-refractivity contribution in [3.63, 3.8) is 0 Å². The molecule has 1 aliphatic rings. The zero-order valence-corrected chi connectivity index (χ0v) is 9.07. The summed E-state index contributed by atoms with van der Waals surface area (Å²) in [6, 6.07) is 0.764. The smallest absolute Gasteiger partial charge is 0.00648 e. The van der Waals surface area contributed by atoms with Crippen molar-refractivity contribution in [2.24, 2.45) is 5.92 Å². The van der Waals surface area contributed by atoms with Gasteiger partial charge in [0.15, 0.2) is 0 Å². The van der Waals surface area contributed by atoms with Crippen molar-refractivity contribution < 1.29 is 0 Å². The van der Waals surface area contributed by atoms with Crippen LogP contribution in [0.1, 0.15) is 48.0 Å². The summed E-state index contributed by atoms with van der Waals surface area (Å²) in [6.07, 6.45) is 1.36. The van der Waals surface area contributed by atoms with Gasteiger partial charge < -0.3 is 5.32 Å². The van der Waals surface area contributed by atoms with Crippen molar-refractivity contribution in [2.45, 2.75) is 54.0 Å². The van der Waals surface area contributed by atoms with E-state index in [9.17, 15) is 0 Å². The van der Waals surface area contributed by atoms with Gasteiger partial charge in [0.05, 0.1) is 0 Å². The quantitative estimate of drug-likeness (QED) is 0.573. The first kappa shape index (κ1) is 13.5. The summed E-state index contributed by atoms with van der Waals surface area (Å²) in [5.41, 5.74) is 0. The Bertz CT molecular complexity index is 53.9. The minimum Gasteiger partial charge on any atom is -0.314 e. The summed E-state index contributed by atoms with van der Waals surface area (Å²) in [4.78, 5) is 0. The van der Waals surface area contributed by atoms with Crippen LogP contribution >= 0.6 is 0 Å². The molecule has 2 atom stereocenters. The van der Waals surface area contributed by atoms with Crippen LogP contribution in [-0.4, -0.2) is 12.6 Å². The lowest BCUT2D eigenvalue weighted by atomic mass is 10.1. The Morgan fingerprint density at radius 1 is 1.00 bits per heavy atom. The average Bonchev–Trinajstić information content (AvgIpc) is 2.44. The number of hydrogen-bond donors (Lipinski definition) is 1. The van der Waals surface area contributed by atoms with E-state index in [0.29, 0.717) is 0 Å². The van der Waals surface area contributed by atoms with Gasteiger partial charge in [-0.25, -0.2) is 0 Å². The molecule has 0 radical (unpaired) electrons. The molecule has 0 spiro atoms. The standard InChI is InChI=1S/C6H13N.2C2H6/c1-5-3-4-7-6(5)2;2*1-2/h5-7H,3-4H2,1-2H3;2*1-2H3. The molecule has 1 heteroatoms. The Kier molecular flexibility index (Phi) is 12.3. The molecule has 0 bridgehead atoms. The van der Waals surface area contributed by atoms with Gasteiger partial charge in [-0.1, -0.05) is 34.6 Å². The van der Waals surface area contributed by atoms with E-state index < -0.39 is 0 Å². The van der Waals surface area contributed by atoms with Gasteiger partial charge in [-0.15, -0.1) is 0 Å². The zero-order valence-electron chi connectivity index (χ0n) is 9.07. The molecule has 70 valence electrons. The maximum absolute atomic E-state index is 3.37. The van der Waals surface area contributed by atoms with Crippen LogP contribution in [0.5, 0.6) is 0 Å². The molecule has 11 heavy (non-hydrogen) atoms. The molecule has 1 N–H and O–H groups in total. The fourth-order valence-corrected chi connectivity index (χ4v) is 0.990. The first-order valence-electron chi connectivity index (χ1n) is 5.04. The summed E-state index contributed by atoms with van der Waals surface area (Å²) < 4.78 is 0. The van der Waals surface area contributed by atoms with Crippen LogP contribution in [-0.2, 0) is 0 Å². The second-order valence-corrected chi connectivity index (χ2v) is 2.51. The number of rotatable bonds is 0. The van der Waals surface area contributed by atoms with Gasteiger partial charge >= 0.3 is 0 Å². The average molecular weight is 159 g/mol. The Hall–Kier alpha value is -0.0400. The Balaban J connectivity index is 0. The van der Waals surface area contributed by atoms with Crippen molar-refractivity contribution >= 4 is 0 Å². The van der Waals surface area contributed by atoms with Gasteiger partial charge in [0.1, 0.15) is 0 Å². The molecule has 1 aliphatic heterocycles. The second kappa shape index (κ2) is 9.96. The summed E-state index contributed by atoms with van der Waals surface area (Å²) in [5, 5.41) is 3.37. The largest absolute Gasteiger partial charge is 0.314 e. The molecule has 1 fully saturated rings. The lowest BCUT2D eigenvalue weighted by Gasteiger charge is -2.05. The van der Waals surface area contributed by atoms with E-state index in [2.05, 4.69) is 19.2 Å². The van der Waals surface area contributed by atoms with Crippen LogP contribution in [0.4, 0.5) is 0 Å². The molecule has 1 heterocycles. The lowest BCUT2D eigenvalue weighted by Crippen LogP contribution is -2.20. The Morgan fingerprint density at radius 2 is 1.45 bits per heavy atom. The first-order valence-corrected chi connectivity index (χ1v) is 5.04. The topological polar surface area (TPSA) is 12.0 Å². The lowest BCUT2D eigenvalue weighted by molar-refractivity contribution is 0.519. The fraction of sp³-hybridized carbons (Fsp3) is 1.00. The third-order valence-electron chi connectivity index (χ3n) is 1.92. The molecular weight excluding hydrogens is 134 g/mol. The van der Waals surface area contributed by atoms with Gasteiger partial charge in [0.25, 0.3) is 0 Å². The third kappa shape index (κ3) is 6.36. The van der Waals surface area contributed by atoms with E-state index in [-0.39, 0.29) is 0 Å². The van der Waals surface area contributed by atoms with E-state index in [1.54, 1.807) is 0 Å². The van der Waals surface area contributed by atoms with Crippen LogP contribution in [0.3, 0.4) is 0 Å². The summed E-state index contributed by atoms with van der Waals surface area (Å²) in [6.45, 7) is 13.8. The van der Waals surface area contributed by atoms with Crippen LogP contribution in [0, 0.1) is 5.92 Å². The van der Waals surface area contributed by atoms with E-state index in [1.165, 1.54) is 13.0 Å². The van der Waals surface area contributed by atoms with Gasteiger partial charge in [0, 0.05) is 6.04 Å². The molecule has 0 amide bonds. The van der Waals surface area contributed by atoms with Crippen LogP contribution in [0.2, 0.25) is 0 Å². The van der Waals surface area contributed by atoms with Crippen molar-refractivity contribution in [1.82, 2.24) is 5.32 Å². The van der Waals surface area contributed by atoms with Gasteiger partial charge in [-0.2, -0.15) is 0 Å². The molecule has 0 aromatic carbocycles. The number of nitrogens with one attached hydrogen (secondary N) is 1. The maximum Gasteiger partial charge on any atom is 0.00648 e. The van der Waals surface area contributed by atoms with Crippen molar-refractivity contribution in [3.05, 3.63) is 0 Å². The second-order valence-electron chi connectivity index (χ2n) is 2.51. The summed E-state index contributed by atoms with van der Waals surface area (Å²) in [5.74, 6) is 0.903. The van der Waals surface area contributed by atoms with Crippen molar-refractivity contribution in [1.29, 1.82) is 0 Å². The van der Waals surface area contributed by atoms with Gasteiger partial charge in [-0.05, 0) is 25.8 Å². The minimum atomic E-state index is 0.764. The first-order chi connectivity index (χ1) is 5.30. The molecule has 2 unspecified atom stereocenters. The number of hydrogen-bond acceptors (Lipinski definition) is 1. The zero-order chi connectivity index (χ0) is 9.28. The predicted molar refractivity (Wildman–Crippen MR) is 53.9 cm³/mol. The molecule has 0 aromatic rings. The van der Waals surface area contributed by atoms with Crippen LogP contribution < -0.4 is 5.32 Å². The minimum absolute atomic E-state index is 0.764. The van der Waals surface area contributed by atoms with Crippen LogP contribution in [0.15, 0.2) is 0 Å².